The van der Waals surface area contributed by atoms with Gasteiger partial charge in [0.2, 0.25) is 0 Å². The topological polar surface area (TPSA) is 0 Å². The van der Waals surface area contributed by atoms with Gasteiger partial charge in [-0.1, -0.05) is 77.0 Å². The molecule has 122 valence electrons. The number of rotatable bonds is 0. The van der Waals surface area contributed by atoms with E-state index in [4.69, 9.17) is 0 Å². The van der Waals surface area contributed by atoms with Crippen molar-refractivity contribution in [2.45, 2.75) is 77.0 Å². The molecule has 2 aromatic carbocycles. The maximum Gasteiger partial charge on any atom is 2.00 e. The number of fused-ring (bicyclic) bond motifs is 2. The Balaban J connectivity index is 0.000000160. The first kappa shape index (κ1) is 18.9. The summed E-state index contributed by atoms with van der Waals surface area (Å²) in [6.45, 7) is 0. The summed E-state index contributed by atoms with van der Waals surface area (Å²) in [6, 6.07) is 13.6. The standard InChI is InChI=1S/2C11H15.Zr/c2*1-2-4-7-11-9-5-8-10(11)6-3-1;/h2*5,8-9H,1-4,6-7H2;/q2*-1;+2. The molecule has 0 aromatic heterocycles. The van der Waals surface area contributed by atoms with Crippen LogP contribution in [0.5, 0.6) is 0 Å². The SMILES string of the molecule is [Zr+2].c1cc2c([cH-]1)CCCCCC2.c1cc2c([cH-]1)CCCCCC2. The molecule has 0 N–H and O–H groups in total. The molecule has 0 bridgehead atoms. The first-order valence-corrected chi connectivity index (χ1v) is 9.40. The summed E-state index contributed by atoms with van der Waals surface area (Å²) in [5.74, 6) is 0. The van der Waals surface area contributed by atoms with Crippen LogP contribution in [-0.2, 0) is 51.9 Å². The van der Waals surface area contributed by atoms with Gasteiger partial charge in [-0.05, 0) is 0 Å². The van der Waals surface area contributed by atoms with Crippen LogP contribution in [0.15, 0.2) is 36.4 Å². The van der Waals surface area contributed by atoms with Crippen molar-refractivity contribution in [3.63, 3.8) is 0 Å². The Hall–Kier alpha value is -0.417. The van der Waals surface area contributed by atoms with Crippen molar-refractivity contribution in [3.05, 3.63) is 58.7 Å². The van der Waals surface area contributed by atoms with E-state index in [0.717, 1.165) is 0 Å². The third kappa shape index (κ3) is 5.86. The molecule has 0 unspecified atom stereocenters. The fourth-order valence-electron chi connectivity index (χ4n) is 3.93. The molecule has 0 fully saturated rings. The number of hydrogen-bond acceptors (Lipinski definition) is 0. The van der Waals surface area contributed by atoms with Gasteiger partial charge in [-0.2, -0.15) is 46.5 Å². The minimum absolute atomic E-state index is 0. The molecule has 2 aromatic rings. The van der Waals surface area contributed by atoms with Crippen molar-refractivity contribution in [2.24, 2.45) is 0 Å². The minimum atomic E-state index is 0. The van der Waals surface area contributed by atoms with Gasteiger partial charge in [0.05, 0.1) is 0 Å². The van der Waals surface area contributed by atoms with E-state index in [-0.39, 0.29) is 26.2 Å². The monoisotopic (exact) mass is 384 g/mol. The zero-order valence-electron chi connectivity index (χ0n) is 14.4. The summed E-state index contributed by atoms with van der Waals surface area (Å²) in [7, 11) is 0. The van der Waals surface area contributed by atoms with E-state index in [2.05, 4.69) is 36.4 Å². The summed E-state index contributed by atoms with van der Waals surface area (Å²) in [6.07, 6.45) is 16.6. The average molecular weight is 386 g/mol. The van der Waals surface area contributed by atoms with Crippen molar-refractivity contribution in [3.8, 4) is 0 Å². The van der Waals surface area contributed by atoms with Gasteiger partial charge in [0.15, 0.2) is 0 Å². The van der Waals surface area contributed by atoms with E-state index in [1.165, 1.54) is 77.0 Å². The Labute approximate surface area is 161 Å². The molecule has 0 saturated heterocycles. The molecule has 23 heavy (non-hydrogen) atoms. The third-order valence-electron chi connectivity index (χ3n) is 5.30. The van der Waals surface area contributed by atoms with Crippen molar-refractivity contribution in [1.29, 1.82) is 0 Å². The van der Waals surface area contributed by atoms with Gasteiger partial charge in [-0.15, -0.1) is 0 Å². The predicted molar refractivity (Wildman–Crippen MR) is 95.8 cm³/mol. The Morgan fingerprint density at radius 2 is 0.913 bits per heavy atom. The second kappa shape index (κ2) is 10.4. The van der Waals surface area contributed by atoms with Crippen LogP contribution < -0.4 is 0 Å². The molecule has 0 nitrogen and oxygen atoms in total. The molecule has 2 aliphatic rings. The van der Waals surface area contributed by atoms with Crippen molar-refractivity contribution < 1.29 is 26.2 Å². The smallest absolute Gasteiger partial charge is 0.210 e. The minimum Gasteiger partial charge on any atom is -0.210 e. The molecular weight excluding hydrogens is 355 g/mol. The Morgan fingerprint density at radius 1 is 0.522 bits per heavy atom. The molecule has 0 spiro atoms. The molecular formula is C22H30Zr. The van der Waals surface area contributed by atoms with E-state index in [0.29, 0.717) is 0 Å². The van der Waals surface area contributed by atoms with Crippen LogP contribution in [0.25, 0.3) is 0 Å². The molecule has 0 heterocycles. The zero-order valence-corrected chi connectivity index (χ0v) is 16.9. The van der Waals surface area contributed by atoms with E-state index in [1.54, 1.807) is 22.3 Å². The second-order valence-electron chi connectivity index (χ2n) is 6.98. The Bertz CT molecular complexity index is 451. The van der Waals surface area contributed by atoms with Gasteiger partial charge in [0.1, 0.15) is 0 Å². The van der Waals surface area contributed by atoms with Gasteiger partial charge in [0, 0.05) is 0 Å². The molecule has 0 saturated carbocycles. The second-order valence-corrected chi connectivity index (χ2v) is 6.98. The summed E-state index contributed by atoms with van der Waals surface area (Å²) >= 11 is 0. The third-order valence-corrected chi connectivity index (χ3v) is 5.30. The first-order valence-electron chi connectivity index (χ1n) is 9.40. The average Bonchev–Trinajstić information content (AvgIpc) is 3.08. The summed E-state index contributed by atoms with van der Waals surface area (Å²) in [4.78, 5) is 0. The maximum absolute atomic E-state index is 2.29. The van der Waals surface area contributed by atoms with Crippen LogP contribution in [0.4, 0.5) is 0 Å². The summed E-state index contributed by atoms with van der Waals surface area (Å²) in [5.41, 5.74) is 6.46. The van der Waals surface area contributed by atoms with Gasteiger partial charge in [-0.25, -0.2) is 12.1 Å². The fourth-order valence-corrected chi connectivity index (χ4v) is 3.93. The van der Waals surface area contributed by atoms with Crippen LogP contribution in [0.3, 0.4) is 0 Å². The van der Waals surface area contributed by atoms with E-state index in [9.17, 15) is 0 Å². The van der Waals surface area contributed by atoms with Crippen molar-refractivity contribution in [1.82, 2.24) is 0 Å². The van der Waals surface area contributed by atoms with Crippen LogP contribution in [0.2, 0.25) is 0 Å². The molecule has 0 atom stereocenters. The molecule has 0 amide bonds. The summed E-state index contributed by atoms with van der Waals surface area (Å²) < 4.78 is 0. The van der Waals surface area contributed by atoms with Gasteiger partial charge in [0.25, 0.3) is 0 Å². The van der Waals surface area contributed by atoms with Crippen LogP contribution >= 0.6 is 0 Å². The van der Waals surface area contributed by atoms with E-state index < -0.39 is 0 Å². The normalized spacial score (nSPS) is 17.7. The Kier molecular flexibility index (Phi) is 8.59. The quantitative estimate of drug-likeness (QED) is 0.479. The van der Waals surface area contributed by atoms with Crippen LogP contribution in [0.1, 0.15) is 73.6 Å². The largest absolute Gasteiger partial charge is 2.00 e. The molecule has 0 aliphatic heterocycles. The fraction of sp³-hybridized carbons (Fsp3) is 0.545. The van der Waals surface area contributed by atoms with Crippen molar-refractivity contribution in [2.75, 3.05) is 0 Å². The number of hydrogen-bond donors (Lipinski definition) is 0. The summed E-state index contributed by atoms with van der Waals surface area (Å²) in [5, 5.41) is 0. The van der Waals surface area contributed by atoms with Gasteiger partial charge >= 0.3 is 26.2 Å². The van der Waals surface area contributed by atoms with E-state index in [1.807, 2.05) is 0 Å². The predicted octanol–water partition coefficient (Wildman–Crippen LogP) is 6.13. The molecule has 1 heteroatoms. The first-order chi connectivity index (χ1) is 10.9. The number of aryl methyl sites for hydroxylation is 4. The van der Waals surface area contributed by atoms with Crippen molar-refractivity contribution >= 4 is 0 Å². The van der Waals surface area contributed by atoms with Gasteiger partial charge < -0.3 is 0 Å². The maximum atomic E-state index is 2.29. The van der Waals surface area contributed by atoms with E-state index >= 15 is 0 Å². The molecule has 0 radical (unpaired) electrons. The Morgan fingerprint density at radius 3 is 1.35 bits per heavy atom. The molecule has 2 aliphatic carbocycles. The molecule has 4 rings (SSSR count). The van der Waals surface area contributed by atoms with Crippen LogP contribution in [0, 0.1) is 0 Å². The van der Waals surface area contributed by atoms with Crippen LogP contribution in [-0.4, -0.2) is 0 Å². The van der Waals surface area contributed by atoms with Gasteiger partial charge in [-0.3, -0.25) is 0 Å². The zero-order chi connectivity index (χ0) is 15.0.